The number of carbonyl (C=O) groups excluding carboxylic acids is 1. The molecule has 2 aromatic rings. The van der Waals surface area contributed by atoms with Crippen molar-refractivity contribution in [2.45, 2.75) is 6.92 Å². The largest absolute Gasteiger partial charge is 0.424 e. The third kappa shape index (κ3) is 1.72. The summed E-state index contributed by atoms with van der Waals surface area (Å²) < 4.78 is 4.93. The summed E-state index contributed by atoms with van der Waals surface area (Å²) in [5.74, 6) is -0.0587. The molecule has 0 spiro atoms. The second kappa shape index (κ2) is 3.65. The molecular formula is C10H8N2O4. The van der Waals surface area contributed by atoms with E-state index in [4.69, 9.17) is 4.74 Å². The Hall–Kier alpha value is -2.37. The van der Waals surface area contributed by atoms with E-state index in [0.717, 1.165) is 0 Å². The van der Waals surface area contributed by atoms with Gasteiger partial charge in [0.2, 0.25) is 0 Å². The first-order valence-corrected chi connectivity index (χ1v) is 4.52. The molecule has 6 nitrogen and oxygen atoms in total. The highest BCUT2D eigenvalue weighted by molar-refractivity contribution is 5.89. The number of nitrogens with zero attached hydrogens (tertiary/aromatic N) is 1. The zero-order chi connectivity index (χ0) is 11.7. The van der Waals surface area contributed by atoms with E-state index >= 15 is 0 Å². The predicted octanol–water partition coefficient (Wildman–Crippen LogP) is 2.00. The summed E-state index contributed by atoms with van der Waals surface area (Å²) in [4.78, 5) is 23.6. The Morgan fingerprint density at radius 2 is 2.25 bits per heavy atom. The second-order valence-corrected chi connectivity index (χ2v) is 3.23. The topological polar surface area (TPSA) is 85.2 Å². The molecule has 0 amide bonds. The summed E-state index contributed by atoms with van der Waals surface area (Å²) in [7, 11) is 0. The van der Waals surface area contributed by atoms with Gasteiger partial charge in [-0.05, 0) is 6.07 Å². The molecule has 16 heavy (non-hydrogen) atoms. The van der Waals surface area contributed by atoms with Crippen molar-refractivity contribution in [3.05, 3.63) is 34.5 Å². The first-order valence-electron chi connectivity index (χ1n) is 4.52. The molecule has 0 bridgehead atoms. The monoisotopic (exact) mass is 220 g/mol. The Morgan fingerprint density at radius 1 is 1.50 bits per heavy atom. The third-order valence-corrected chi connectivity index (χ3v) is 2.09. The number of aromatic amines is 1. The molecule has 0 saturated heterocycles. The number of rotatable bonds is 2. The van der Waals surface area contributed by atoms with Crippen molar-refractivity contribution in [3.63, 3.8) is 0 Å². The molecule has 1 N–H and O–H groups in total. The number of carbonyl (C=O) groups is 1. The number of benzene rings is 1. The van der Waals surface area contributed by atoms with Gasteiger partial charge in [0.1, 0.15) is 0 Å². The van der Waals surface area contributed by atoms with E-state index < -0.39 is 10.9 Å². The average molecular weight is 220 g/mol. The molecule has 0 aliphatic carbocycles. The van der Waals surface area contributed by atoms with Crippen LogP contribution < -0.4 is 4.74 Å². The molecule has 0 fully saturated rings. The lowest BCUT2D eigenvalue weighted by molar-refractivity contribution is -0.384. The van der Waals surface area contributed by atoms with Gasteiger partial charge >= 0.3 is 5.97 Å². The quantitative estimate of drug-likeness (QED) is 0.476. The Morgan fingerprint density at radius 3 is 2.88 bits per heavy atom. The Labute approximate surface area is 90.0 Å². The van der Waals surface area contributed by atoms with Crippen molar-refractivity contribution < 1.29 is 14.5 Å². The summed E-state index contributed by atoms with van der Waals surface area (Å²) >= 11 is 0. The lowest BCUT2D eigenvalue weighted by atomic mass is 10.2. The molecule has 82 valence electrons. The van der Waals surface area contributed by atoms with Gasteiger partial charge in [-0.2, -0.15) is 0 Å². The van der Waals surface area contributed by atoms with E-state index in [1.165, 1.54) is 25.3 Å². The van der Waals surface area contributed by atoms with Crippen molar-refractivity contribution in [3.8, 4) is 5.75 Å². The number of esters is 1. The number of hydrogen-bond acceptors (Lipinski definition) is 4. The lowest BCUT2D eigenvalue weighted by Gasteiger charge is -1.97. The van der Waals surface area contributed by atoms with Crippen molar-refractivity contribution in [1.82, 2.24) is 4.98 Å². The Kier molecular flexibility index (Phi) is 2.32. The fourth-order valence-electron chi connectivity index (χ4n) is 1.44. The van der Waals surface area contributed by atoms with Gasteiger partial charge in [-0.25, -0.2) is 0 Å². The summed E-state index contributed by atoms with van der Waals surface area (Å²) in [5.41, 5.74) is 0.550. The van der Waals surface area contributed by atoms with Gasteiger partial charge < -0.3 is 9.72 Å². The van der Waals surface area contributed by atoms with Crippen LogP contribution in [0.3, 0.4) is 0 Å². The minimum absolute atomic E-state index is 0.0104. The second-order valence-electron chi connectivity index (χ2n) is 3.23. The minimum Gasteiger partial charge on any atom is -0.424 e. The maximum absolute atomic E-state index is 10.8. The van der Waals surface area contributed by atoms with Crippen molar-refractivity contribution in [2.75, 3.05) is 0 Å². The van der Waals surface area contributed by atoms with Crippen molar-refractivity contribution in [2.24, 2.45) is 0 Å². The van der Waals surface area contributed by atoms with Crippen molar-refractivity contribution in [1.29, 1.82) is 0 Å². The molecule has 2 rings (SSSR count). The van der Waals surface area contributed by atoms with E-state index in [9.17, 15) is 14.9 Å². The molecule has 0 unspecified atom stereocenters. The number of fused-ring (bicyclic) bond motifs is 1. The molecule has 6 heteroatoms. The van der Waals surface area contributed by atoms with E-state index in [1.54, 1.807) is 6.07 Å². The number of H-pyrrole nitrogens is 1. The first-order chi connectivity index (χ1) is 7.58. The molecule has 1 aromatic carbocycles. The molecular weight excluding hydrogens is 212 g/mol. The van der Waals surface area contributed by atoms with Gasteiger partial charge in [-0.1, -0.05) is 0 Å². The third-order valence-electron chi connectivity index (χ3n) is 2.09. The van der Waals surface area contributed by atoms with Crippen LogP contribution in [0.5, 0.6) is 5.75 Å². The summed E-state index contributed by atoms with van der Waals surface area (Å²) in [6, 6.07) is 4.30. The normalized spacial score (nSPS) is 10.3. The van der Waals surface area contributed by atoms with E-state index in [1.807, 2.05) is 0 Å². The van der Waals surface area contributed by atoms with E-state index in [0.29, 0.717) is 16.7 Å². The van der Waals surface area contributed by atoms with Gasteiger partial charge in [0.25, 0.3) is 5.69 Å². The minimum atomic E-state index is -0.480. The molecule has 0 saturated carbocycles. The van der Waals surface area contributed by atoms with Crippen LogP contribution in [0, 0.1) is 10.1 Å². The SMILES string of the molecule is CC(=O)Oc1c[nH]c2cc([N+](=O)[O-])ccc12. The fraction of sp³-hybridized carbons (Fsp3) is 0.100. The highest BCUT2D eigenvalue weighted by Crippen LogP contribution is 2.28. The van der Waals surface area contributed by atoms with Gasteiger partial charge in [0, 0.05) is 30.6 Å². The number of nitro benzene ring substituents is 1. The van der Waals surface area contributed by atoms with Gasteiger partial charge in [-0.15, -0.1) is 0 Å². The van der Waals surface area contributed by atoms with Crippen LogP contribution in [0.15, 0.2) is 24.4 Å². The first kappa shape index (κ1) is 10.2. The molecule has 0 radical (unpaired) electrons. The smallest absolute Gasteiger partial charge is 0.308 e. The van der Waals surface area contributed by atoms with Crippen LogP contribution in [0.25, 0.3) is 10.9 Å². The number of non-ortho nitro benzene ring substituents is 1. The Balaban J connectivity index is 2.50. The van der Waals surface area contributed by atoms with Crippen LogP contribution in [-0.4, -0.2) is 15.9 Å². The molecule has 0 aliphatic rings. The van der Waals surface area contributed by atoms with Gasteiger partial charge in [0.15, 0.2) is 5.75 Å². The number of nitrogens with one attached hydrogen (secondary N) is 1. The van der Waals surface area contributed by atoms with Crippen LogP contribution in [0.4, 0.5) is 5.69 Å². The van der Waals surface area contributed by atoms with Crippen LogP contribution in [-0.2, 0) is 4.79 Å². The number of aromatic nitrogens is 1. The highest BCUT2D eigenvalue weighted by atomic mass is 16.6. The maximum atomic E-state index is 10.8. The number of hydrogen-bond donors (Lipinski definition) is 1. The Bertz CT molecular complexity index is 573. The zero-order valence-electron chi connectivity index (χ0n) is 8.39. The predicted molar refractivity (Wildman–Crippen MR) is 56.3 cm³/mol. The fourth-order valence-corrected chi connectivity index (χ4v) is 1.44. The molecule has 0 aliphatic heterocycles. The maximum Gasteiger partial charge on any atom is 0.308 e. The molecule has 1 heterocycles. The van der Waals surface area contributed by atoms with Crippen LogP contribution in [0.2, 0.25) is 0 Å². The molecule has 1 aromatic heterocycles. The van der Waals surface area contributed by atoms with E-state index in [2.05, 4.69) is 4.98 Å². The summed E-state index contributed by atoms with van der Waals surface area (Å²) in [6.07, 6.45) is 1.50. The highest BCUT2D eigenvalue weighted by Gasteiger charge is 2.11. The van der Waals surface area contributed by atoms with Crippen LogP contribution in [0.1, 0.15) is 6.92 Å². The lowest BCUT2D eigenvalue weighted by Crippen LogP contribution is -2.00. The zero-order valence-corrected chi connectivity index (χ0v) is 8.39. The van der Waals surface area contributed by atoms with Gasteiger partial charge in [-0.3, -0.25) is 14.9 Å². The summed E-state index contributed by atoms with van der Waals surface area (Å²) in [5, 5.41) is 11.2. The standard InChI is InChI=1S/C10H8N2O4/c1-6(13)16-10-5-11-9-4-7(12(14)15)2-3-8(9)10/h2-5,11H,1H3. The average Bonchev–Trinajstić information content (AvgIpc) is 2.60. The van der Waals surface area contributed by atoms with Gasteiger partial charge in [0.05, 0.1) is 10.4 Å². The summed E-state index contributed by atoms with van der Waals surface area (Å²) in [6.45, 7) is 1.30. The van der Waals surface area contributed by atoms with E-state index in [-0.39, 0.29) is 5.69 Å². The van der Waals surface area contributed by atoms with Crippen molar-refractivity contribution >= 4 is 22.6 Å². The van der Waals surface area contributed by atoms with Crippen LogP contribution >= 0.6 is 0 Å². The number of ether oxygens (including phenoxy) is 1. The number of nitro groups is 1. The molecule has 0 atom stereocenters.